The average Bonchev–Trinajstić information content (AvgIpc) is 3.16. The first kappa shape index (κ1) is 19.1. The van der Waals surface area contributed by atoms with E-state index in [0.29, 0.717) is 16.3 Å². The second-order valence-corrected chi connectivity index (χ2v) is 7.65. The first-order valence-electron chi connectivity index (χ1n) is 8.94. The second kappa shape index (κ2) is 7.67. The van der Waals surface area contributed by atoms with Crippen molar-refractivity contribution in [3.05, 3.63) is 82.2 Å². The van der Waals surface area contributed by atoms with Gasteiger partial charge in [-0.05, 0) is 30.2 Å². The van der Waals surface area contributed by atoms with E-state index >= 15 is 0 Å². The summed E-state index contributed by atoms with van der Waals surface area (Å²) in [4.78, 5) is 20.7. The summed E-state index contributed by atoms with van der Waals surface area (Å²) in [5.74, 6) is -1.81. The van der Waals surface area contributed by atoms with Gasteiger partial charge in [-0.3, -0.25) is 0 Å². The van der Waals surface area contributed by atoms with Gasteiger partial charge in [-0.15, -0.1) is 11.3 Å². The maximum absolute atomic E-state index is 13.8. The zero-order chi connectivity index (χ0) is 20.5. The van der Waals surface area contributed by atoms with Crippen LogP contribution in [-0.4, -0.2) is 16.7 Å². The Labute approximate surface area is 170 Å². The molecule has 1 N–H and O–H groups in total. The second-order valence-electron chi connectivity index (χ2n) is 6.76. The van der Waals surface area contributed by atoms with E-state index in [4.69, 9.17) is 4.98 Å². The molecule has 4 nitrogen and oxygen atoms in total. The number of urea groups is 1. The molecule has 0 radical (unpaired) electrons. The number of carbonyl (C=O) groups is 1. The molecule has 2 aromatic carbocycles. The lowest BCUT2D eigenvalue weighted by atomic mass is 9.88. The Morgan fingerprint density at radius 3 is 2.48 bits per heavy atom. The molecule has 0 spiro atoms. The molecule has 1 aliphatic heterocycles. The molecule has 0 aliphatic carbocycles. The molecule has 2 amide bonds. The Morgan fingerprint density at radius 1 is 1.14 bits per heavy atom. The smallest absolute Gasteiger partial charge is 0.328 e. The fraction of sp³-hybridized carbons (Fsp3) is 0.136. The summed E-state index contributed by atoms with van der Waals surface area (Å²) in [7, 11) is 0. The van der Waals surface area contributed by atoms with E-state index in [1.807, 2.05) is 29.6 Å². The predicted octanol–water partition coefficient (Wildman–Crippen LogP) is 5.74. The Balaban J connectivity index is 1.74. The molecular formula is C22H17F2N3OS. The van der Waals surface area contributed by atoms with Crippen LogP contribution in [0.25, 0.3) is 17.3 Å². The SMILES string of the molecule is C=Cc1ccc(-c2csc(C3C(C)=NC(=O)NC3c3cc(F)cc(F)c3)n2)cc1. The van der Waals surface area contributed by atoms with Crippen molar-refractivity contribution < 1.29 is 13.6 Å². The van der Waals surface area contributed by atoms with Crippen molar-refractivity contribution in [1.29, 1.82) is 0 Å². The zero-order valence-electron chi connectivity index (χ0n) is 15.5. The highest BCUT2D eigenvalue weighted by Crippen LogP contribution is 2.38. The molecule has 7 heteroatoms. The van der Waals surface area contributed by atoms with Gasteiger partial charge in [0, 0.05) is 22.7 Å². The van der Waals surface area contributed by atoms with E-state index in [9.17, 15) is 13.6 Å². The molecular weight excluding hydrogens is 392 g/mol. The molecule has 2 unspecified atom stereocenters. The van der Waals surface area contributed by atoms with Crippen LogP contribution in [0.2, 0.25) is 0 Å². The topological polar surface area (TPSA) is 54.4 Å². The molecule has 2 heterocycles. The van der Waals surface area contributed by atoms with Crippen molar-refractivity contribution in [2.45, 2.75) is 18.9 Å². The number of hydrogen-bond acceptors (Lipinski definition) is 3. The fourth-order valence-corrected chi connectivity index (χ4v) is 4.45. The molecule has 1 aliphatic rings. The largest absolute Gasteiger partial charge is 0.341 e. The fourth-order valence-electron chi connectivity index (χ4n) is 3.42. The van der Waals surface area contributed by atoms with Gasteiger partial charge in [0.2, 0.25) is 0 Å². The third-order valence-corrected chi connectivity index (χ3v) is 5.74. The van der Waals surface area contributed by atoms with E-state index in [1.54, 1.807) is 13.0 Å². The summed E-state index contributed by atoms with van der Waals surface area (Å²) in [6.07, 6.45) is 1.77. The van der Waals surface area contributed by atoms with Crippen molar-refractivity contribution >= 4 is 29.2 Å². The summed E-state index contributed by atoms with van der Waals surface area (Å²) in [5.41, 5.74) is 3.62. The van der Waals surface area contributed by atoms with Gasteiger partial charge in [0.1, 0.15) is 16.6 Å². The number of benzene rings is 2. The number of hydrogen-bond donors (Lipinski definition) is 1. The van der Waals surface area contributed by atoms with Gasteiger partial charge in [-0.2, -0.15) is 0 Å². The monoisotopic (exact) mass is 409 g/mol. The summed E-state index contributed by atoms with van der Waals surface area (Å²) < 4.78 is 27.6. The van der Waals surface area contributed by atoms with Gasteiger partial charge in [-0.25, -0.2) is 23.6 Å². The maximum atomic E-state index is 13.8. The van der Waals surface area contributed by atoms with Crippen molar-refractivity contribution in [2.75, 3.05) is 0 Å². The highest BCUT2D eigenvalue weighted by molar-refractivity contribution is 7.10. The Hall–Kier alpha value is -3.19. The molecule has 29 heavy (non-hydrogen) atoms. The lowest BCUT2D eigenvalue weighted by Gasteiger charge is -2.30. The first-order valence-corrected chi connectivity index (χ1v) is 9.82. The number of amides is 2. The number of aromatic nitrogens is 1. The van der Waals surface area contributed by atoms with Crippen LogP contribution in [0.15, 0.2) is 59.4 Å². The van der Waals surface area contributed by atoms with E-state index in [2.05, 4.69) is 16.9 Å². The summed E-state index contributed by atoms with van der Waals surface area (Å²) in [5, 5.41) is 5.36. The number of carbonyl (C=O) groups excluding carboxylic acids is 1. The number of nitrogens with zero attached hydrogens (tertiary/aromatic N) is 2. The Bertz CT molecular complexity index is 1100. The minimum absolute atomic E-state index is 0.335. The number of aliphatic imine (C=N–C) groups is 1. The van der Waals surface area contributed by atoms with Crippen LogP contribution in [0.1, 0.15) is 35.0 Å². The van der Waals surface area contributed by atoms with Gasteiger partial charge in [-0.1, -0.05) is 36.9 Å². The van der Waals surface area contributed by atoms with Crippen molar-refractivity contribution in [3.63, 3.8) is 0 Å². The van der Waals surface area contributed by atoms with E-state index < -0.39 is 29.6 Å². The number of thiazole rings is 1. The average molecular weight is 409 g/mol. The van der Waals surface area contributed by atoms with Crippen LogP contribution in [0.5, 0.6) is 0 Å². The van der Waals surface area contributed by atoms with Crippen LogP contribution < -0.4 is 5.32 Å². The molecule has 0 bridgehead atoms. The molecule has 0 saturated carbocycles. The molecule has 146 valence electrons. The van der Waals surface area contributed by atoms with Crippen LogP contribution >= 0.6 is 11.3 Å². The number of nitrogens with one attached hydrogen (secondary N) is 1. The Morgan fingerprint density at radius 2 is 1.83 bits per heavy atom. The third-order valence-electron chi connectivity index (χ3n) is 4.81. The molecule has 2 atom stereocenters. The number of halogens is 2. The quantitative estimate of drug-likeness (QED) is 0.597. The van der Waals surface area contributed by atoms with Gasteiger partial charge < -0.3 is 5.32 Å². The van der Waals surface area contributed by atoms with Gasteiger partial charge in [0.25, 0.3) is 0 Å². The highest BCUT2D eigenvalue weighted by atomic mass is 32.1. The molecule has 0 saturated heterocycles. The summed E-state index contributed by atoms with van der Waals surface area (Å²) in [6, 6.07) is 9.87. The molecule has 3 aromatic rings. The van der Waals surface area contributed by atoms with E-state index in [-0.39, 0.29) is 0 Å². The van der Waals surface area contributed by atoms with E-state index in [0.717, 1.165) is 22.9 Å². The lowest BCUT2D eigenvalue weighted by molar-refractivity contribution is 0.242. The van der Waals surface area contributed by atoms with Crippen molar-refractivity contribution in [2.24, 2.45) is 4.99 Å². The van der Waals surface area contributed by atoms with Crippen molar-refractivity contribution in [1.82, 2.24) is 10.3 Å². The predicted molar refractivity (Wildman–Crippen MR) is 111 cm³/mol. The van der Waals surface area contributed by atoms with Crippen LogP contribution in [0.4, 0.5) is 13.6 Å². The molecule has 4 rings (SSSR count). The van der Waals surface area contributed by atoms with Crippen molar-refractivity contribution in [3.8, 4) is 11.3 Å². The molecule has 0 fully saturated rings. The third kappa shape index (κ3) is 3.86. The van der Waals surface area contributed by atoms with Crippen LogP contribution in [0.3, 0.4) is 0 Å². The number of rotatable bonds is 4. The summed E-state index contributed by atoms with van der Waals surface area (Å²) >= 11 is 1.42. The minimum Gasteiger partial charge on any atom is -0.328 e. The first-order chi connectivity index (χ1) is 13.9. The standard InChI is InChI=1S/C22H17F2N3OS/c1-3-13-4-6-14(7-5-13)18-11-29-21(26-18)19-12(2)25-22(28)27-20(19)15-8-16(23)10-17(24)9-15/h3-11,19-20H,1H2,2H3,(H,27,28). The Kier molecular flexibility index (Phi) is 5.07. The van der Waals surface area contributed by atoms with E-state index in [1.165, 1.54) is 23.5 Å². The summed E-state index contributed by atoms with van der Waals surface area (Å²) in [6.45, 7) is 5.48. The maximum Gasteiger partial charge on any atom is 0.341 e. The van der Waals surface area contributed by atoms with Crippen LogP contribution in [0, 0.1) is 11.6 Å². The zero-order valence-corrected chi connectivity index (χ0v) is 16.3. The van der Waals surface area contributed by atoms with Gasteiger partial charge >= 0.3 is 6.03 Å². The van der Waals surface area contributed by atoms with Crippen LogP contribution in [-0.2, 0) is 0 Å². The molecule has 1 aromatic heterocycles. The van der Waals surface area contributed by atoms with Gasteiger partial charge in [0.15, 0.2) is 0 Å². The normalized spacial score (nSPS) is 18.9. The lowest BCUT2D eigenvalue weighted by Crippen LogP contribution is -2.38. The minimum atomic E-state index is -0.699. The van der Waals surface area contributed by atoms with Gasteiger partial charge in [0.05, 0.1) is 17.7 Å². The highest BCUT2D eigenvalue weighted by Gasteiger charge is 2.35.